The number of H-pyrrole nitrogens is 2. The Balaban J connectivity index is 1.58. The number of aromatic nitrogens is 3. The van der Waals surface area contributed by atoms with Gasteiger partial charge in [-0.3, -0.25) is 14.6 Å². The zero-order valence-corrected chi connectivity index (χ0v) is 16.2. The van der Waals surface area contributed by atoms with Crippen LogP contribution >= 0.6 is 0 Å². The number of piperidine rings is 1. The van der Waals surface area contributed by atoms with Crippen molar-refractivity contribution in [2.24, 2.45) is 5.92 Å². The molecular weight excluding hydrogens is 384 g/mol. The zero-order valence-electron chi connectivity index (χ0n) is 16.2. The molecule has 1 saturated heterocycles. The molecule has 8 nitrogen and oxygen atoms in total. The Morgan fingerprint density at radius 2 is 1.50 bits per heavy atom. The molecule has 0 bridgehead atoms. The molecule has 0 aliphatic carbocycles. The van der Waals surface area contributed by atoms with Crippen molar-refractivity contribution in [3.05, 3.63) is 98.3 Å². The molecule has 2 heterocycles. The van der Waals surface area contributed by atoms with Crippen LogP contribution in [0.4, 0.5) is 0 Å². The maximum absolute atomic E-state index is 12.7. The lowest BCUT2D eigenvalue weighted by Gasteiger charge is -2.42. The summed E-state index contributed by atoms with van der Waals surface area (Å²) in [5, 5.41) is 17.6. The summed E-state index contributed by atoms with van der Waals surface area (Å²) in [6.07, 6.45) is 1.10. The second-order valence-electron chi connectivity index (χ2n) is 7.42. The van der Waals surface area contributed by atoms with E-state index >= 15 is 0 Å². The number of benzene rings is 2. The number of hydrogen-bond donors (Lipinski definition) is 3. The zero-order chi connectivity index (χ0) is 21.1. The van der Waals surface area contributed by atoms with Crippen LogP contribution in [0, 0.1) is 5.92 Å². The second kappa shape index (κ2) is 8.08. The molecule has 0 atom stereocenters. The van der Waals surface area contributed by atoms with Gasteiger partial charge in [0.15, 0.2) is 0 Å². The number of carbonyl (C=O) groups is 1. The molecule has 30 heavy (non-hydrogen) atoms. The summed E-state index contributed by atoms with van der Waals surface area (Å²) in [5.74, 6) is -0.651. The molecule has 0 spiro atoms. The van der Waals surface area contributed by atoms with Crippen molar-refractivity contribution < 1.29 is 9.90 Å². The fourth-order valence-electron chi connectivity index (χ4n) is 4.17. The minimum Gasteiger partial charge on any atom is -0.380 e. The van der Waals surface area contributed by atoms with Crippen molar-refractivity contribution in [3.63, 3.8) is 0 Å². The fraction of sp³-hybridized carbons (Fsp3) is 0.273. The minimum atomic E-state index is -1.19. The normalized spacial score (nSPS) is 15.2. The lowest BCUT2D eigenvalue weighted by Crippen LogP contribution is -2.47. The number of hydrogen-bond acceptors (Lipinski definition) is 5. The Labute approximate surface area is 172 Å². The second-order valence-corrected chi connectivity index (χ2v) is 7.42. The SMILES string of the molecule is O=C(c1n[nH]c(=O)[nH]c1=O)N1CCC(C(O)(c2ccccc2)c2ccccc2)CC1. The third-order valence-electron chi connectivity index (χ3n) is 5.71. The van der Waals surface area contributed by atoms with E-state index < -0.39 is 22.8 Å². The molecule has 2 aromatic carbocycles. The first kappa shape index (κ1) is 19.8. The lowest BCUT2D eigenvalue weighted by molar-refractivity contribution is -0.0124. The third kappa shape index (κ3) is 3.57. The highest BCUT2D eigenvalue weighted by atomic mass is 16.3. The van der Waals surface area contributed by atoms with Gasteiger partial charge in [0.2, 0.25) is 5.69 Å². The Hall–Kier alpha value is -3.52. The first-order chi connectivity index (χ1) is 14.5. The van der Waals surface area contributed by atoms with Gasteiger partial charge >= 0.3 is 5.69 Å². The van der Waals surface area contributed by atoms with E-state index in [1.165, 1.54) is 4.90 Å². The molecule has 1 aliphatic heterocycles. The number of aliphatic hydroxyl groups is 1. The van der Waals surface area contributed by atoms with Crippen LogP contribution in [0.1, 0.15) is 34.5 Å². The maximum Gasteiger partial charge on any atom is 0.342 e. The van der Waals surface area contributed by atoms with Crippen LogP contribution in [0.2, 0.25) is 0 Å². The number of likely N-dealkylation sites (tertiary alicyclic amines) is 1. The van der Waals surface area contributed by atoms with Gasteiger partial charge in [-0.2, -0.15) is 5.10 Å². The number of nitrogens with one attached hydrogen (secondary N) is 2. The Morgan fingerprint density at radius 1 is 0.967 bits per heavy atom. The van der Waals surface area contributed by atoms with E-state index in [-0.39, 0.29) is 11.6 Å². The fourth-order valence-corrected chi connectivity index (χ4v) is 4.17. The maximum atomic E-state index is 12.7. The molecule has 8 heteroatoms. The van der Waals surface area contributed by atoms with E-state index in [1.54, 1.807) is 0 Å². The number of carbonyl (C=O) groups excluding carboxylic acids is 1. The van der Waals surface area contributed by atoms with E-state index in [0.717, 1.165) is 11.1 Å². The molecule has 3 aromatic rings. The van der Waals surface area contributed by atoms with Gasteiger partial charge in [-0.15, -0.1) is 0 Å². The predicted molar refractivity (Wildman–Crippen MR) is 110 cm³/mol. The van der Waals surface area contributed by atoms with Gasteiger partial charge in [-0.25, -0.2) is 9.89 Å². The quantitative estimate of drug-likeness (QED) is 0.602. The van der Waals surface area contributed by atoms with E-state index in [1.807, 2.05) is 65.6 Å². The first-order valence-electron chi connectivity index (χ1n) is 9.82. The van der Waals surface area contributed by atoms with Crippen LogP contribution in [0.15, 0.2) is 70.3 Å². The summed E-state index contributed by atoms with van der Waals surface area (Å²) in [4.78, 5) is 39.3. The van der Waals surface area contributed by atoms with Crippen LogP contribution in [0.25, 0.3) is 0 Å². The van der Waals surface area contributed by atoms with Crippen LogP contribution in [0.3, 0.4) is 0 Å². The van der Waals surface area contributed by atoms with E-state index in [2.05, 4.69) is 10.2 Å². The number of aromatic amines is 2. The molecule has 4 rings (SSSR count). The van der Waals surface area contributed by atoms with Gasteiger partial charge < -0.3 is 10.0 Å². The van der Waals surface area contributed by atoms with Gasteiger partial charge in [0.1, 0.15) is 5.60 Å². The highest BCUT2D eigenvalue weighted by molar-refractivity contribution is 5.91. The molecule has 0 radical (unpaired) electrons. The van der Waals surface area contributed by atoms with Gasteiger partial charge in [0, 0.05) is 13.1 Å². The van der Waals surface area contributed by atoms with Gasteiger partial charge in [-0.05, 0) is 29.9 Å². The van der Waals surface area contributed by atoms with Crippen molar-refractivity contribution in [1.82, 2.24) is 20.1 Å². The summed E-state index contributed by atoms with van der Waals surface area (Å²) in [6, 6.07) is 19.1. The Bertz CT molecular complexity index is 1090. The molecule has 0 unspecified atom stereocenters. The standard InChI is InChI=1S/C22H22N4O4/c27-19-18(24-25-21(29)23-19)20(28)26-13-11-17(12-14-26)22(30,15-7-3-1-4-8-15)16-9-5-2-6-10-16/h1-10,17,30H,11-14H2,(H2,23,25,27,29). The van der Waals surface area contributed by atoms with Crippen molar-refractivity contribution in [1.29, 1.82) is 0 Å². The van der Waals surface area contributed by atoms with Gasteiger partial charge in [0.05, 0.1) is 0 Å². The molecular formula is C22H22N4O4. The molecule has 0 saturated carbocycles. The van der Waals surface area contributed by atoms with Gasteiger partial charge in [0.25, 0.3) is 11.5 Å². The lowest BCUT2D eigenvalue weighted by atomic mass is 9.72. The summed E-state index contributed by atoms with van der Waals surface area (Å²) in [5.41, 5.74) is -1.48. The average molecular weight is 406 g/mol. The highest BCUT2D eigenvalue weighted by Gasteiger charge is 2.42. The van der Waals surface area contributed by atoms with Crippen molar-refractivity contribution in [2.45, 2.75) is 18.4 Å². The highest BCUT2D eigenvalue weighted by Crippen LogP contribution is 2.41. The number of amides is 1. The summed E-state index contributed by atoms with van der Waals surface area (Å²) in [7, 11) is 0. The van der Waals surface area contributed by atoms with Crippen molar-refractivity contribution in [2.75, 3.05) is 13.1 Å². The van der Waals surface area contributed by atoms with Gasteiger partial charge in [-0.1, -0.05) is 60.7 Å². The van der Waals surface area contributed by atoms with Crippen molar-refractivity contribution >= 4 is 5.91 Å². The predicted octanol–water partition coefficient (Wildman–Crippen LogP) is 1.25. The average Bonchev–Trinajstić information content (AvgIpc) is 2.79. The smallest absolute Gasteiger partial charge is 0.342 e. The third-order valence-corrected chi connectivity index (χ3v) is 5.71. The summed E-state index contributed by atoms with van der Waals surface area (Å²) >= 11 is 0. The summed E-state index contributed by atoms with van der Waals surface area (Å²) < 4.78 is 0. The Morgan fingerprint density at radius 3 is 2.00 bits per heavy atom. The molecule has 1 aliphatic rings. The number of rotatable bonds is 4. The molecule has 1 aromatic heterocycles. The van der Waals surface area contributed by atoms with E-state index in [9.17, 15) is 19.5 Å². The number of nitrogens with zero attached hydrogens (tertiary/aromatic N) is 2. The topological polar surface area (TPSA) is 119 Å². The van der Waals surface area contributed by atoms with Crippen LogP contribution in [0.5, 0.6) is 0 Å². The van der Waals surface area contributed by atoms with Crippen LogP contribution < -0.4 is 11.2 Å². The summed E-state index contributed by atoms with van der Waals surface area (Å²) in [6.45, 7) is 0.734. The van der Waals surface area contributed by atoms with Crippen LogP contribution in [-0.4, -0.2) is 44.2 Å². The minimum absolute atomic E-state index is 0.117. The largest absolute Gasteiger partial charge is 0.380 e. The Kier molecular flexibility index (Phi) is 5.33. The molecule has 154 valence electrons. The van der Waals surface area contributed by atoms with Crippen LogP contribution in [-0.2, 0) is 5.60 Å². The van der Waals surface area contributed by atoms with Crippen molar-refractivity contribution in [3.8, 4) is 0 Å². The monoisotopic (exact) mass is 406 g/mol. The molecule has 1 amide bonds. The molecule has 1 fully saturated rings. The molecule has 3 N–H and O–H groups in total. The first-order valence-corrected chi connectivity index (χ1v) is 9.82. The van der Waals surface area contributed by atoms with E-state index in [4.69, 9.17) is 0 Å². The van der Waals surface area contributed by atoms with E-state index in [0.29, 0.717) is 25.9 Å².